The molecule has 0 heterocycles. The Balaban J connectivity index is 1.82. The lowest BCUT2D eigenvalue weighted by atomic mass is 10.2. The summed E-state index contributed by atoms with van der Waals surface area (Å²) in [5.41, 5.74) is 4.29. The van der Waals surface area contributed by atoms with Gasteiger partial charge < -0.3 is 10.2 Å². The molecule has 0 unspecified atom stereocenters. The molecule has 2 N–H and O–H groups in total. The van der Waals surface area contributed by atoms with E-state index >= 15 is 0 Å². The Morgan fingerprint density at radius 1 is 1.10 bits per heavy atom. The lowest BCUT2D eigenvalue weighted by Crippen LogP contribution is -2.26. The number of rotatable bonds is 4. The van der Waals surface area contributed by atoms with E-state index in [0.29, 0.717) is 17.8 Å². The molecular formula is C15H13N3O2. The number of nitriles is 1. The number of hydrogen-bond acceptors (Lipinski definition) is 4. The van der Waals surface area contributed by atoms with Crippen molar-refractivity contribution in [3.8, 4) is 6.07 Å². The van der Waals surface area contributed by atoms with E-state index in [0.717, 1.165) is 5.56 Å². The average molecular weight is 267 g/mol. The number of amides is 1. The Bertz CT molecular complexity index is 621. The van der Waals surface area contributed by atoms with Gasteiger partial charge in [-0.05, 0) is 17.7 Å². The Morgan fingerprint density at radius 3 is 2.55 bits per heavy atom. The molecule has 0 spiro atoms. The van der Waals surface area contributed by atoms with Crippen LogP contribution in [0.2, 0.25) is 0 Å². The Morgan fingerprint density at radius 2 is 1.80 bits per heavy atom. The van der Waals surface area contributed by atoms with Crippen LogP contribution < -0.4 is 10.8 Å². The van der Waals surface area contributed by atoms with E-state index < -0.39 is 6.09 Å². The first-order valence-corrected chi connectivity index (χ1v) is 6.03. The largest absolute Gasteiger partial charge is 0.431 e. The Kier molecular flexibility index (Phi) is 4.57. The van der Waals surface area contributed by atoms with Crippen molar-refractivity contribution in [1.29, 1.82) is 5.26 Å². The molecule has 0 saturated carbocycles. The fraction of sp³-hybridized carbons (Fsp3) is 0.0667. The van der Waals surface area contributed by atoms with Crippen molar-refractivity contribution >= 4 is 11.8 Å². The van der Waals surface area contributed by atoms with Gasteiger partial charge in [-0.2, -0.15) is 5.26 Å². The second-order valence-corrected chi connectivity index (χ2v) is 3.99. The van der Waals surface area contributed by atoms with Crippen LogP contribution in [0.1, 0.15) is 11.1 Å². The summed E-state index contributed by atoms with van der Waals surface area (Å²) in [4.78, 5) is 16.4. The molecule has 2 aromatic carbocycles. The topological polar surface area (TPSA) is 74.1 Å². The molecule has 0 aromatic heterocycles. The van der Waals surface area contributed by atoms with E-state index in [4.69, 9.17) is 10.1 Å². The third-order valence-electron chi connectivity index (χ3n) is 2.58. The highest BCUT2D eigenvalue weighted by molar-refractivity contribution is 5.69. The summed E-state index contributed by atoms with van der Waals surface area (Å²) in [5, 5.41) is 11.5. The van der Waals surface area contributed by atoms with Crippen molar-refractivity contribution in [3.63, 3.8) is 0 Å². The van der Waals surface area contributed by atoms with Gasteiger partial charge in [0.1, 0.15) is 6.07 Å². The normalized spacial score (nSPS) is 9.35. The molecule has 2 rings (SSSR count). The van der Waals surface area contributed by atoms with Gasteiger partial charge in [0.05, 0.1) is 11.3 Å². The maximum atomic E-state index is 11.5. The maximum Gasteiger partial charge on any atom is 0.431 e. The molecule has 0 aliphatic heterocycles. The number of nitrogens with one attached hydrogen (secondary N) is 2. The molecule has 5 nitrogen and oxygen atoms in total. The van der Waals surface area contributed by atoms with Gasteiger partial charge in [0.25, 0.3) is 0 Å². The second kappa shape index (κ2) is 6.81. The van der Waals surface area contributed by atoms with Crippen molar-refractivity contribution in [3.05, 3.63) is 65.7 Å². The zero-order chi connectivity index (χ0) is 14.2. The van der Waals surface area contributed by atoms with Crippen molar-refractivity contribution in [2.45, 2.75) is 6.54 Å². The lowest BCUT2D eigenvalue weighted by Gasteiger charge is -2.09. The highest BCUT2D eigenvalue weighted by atomic mass is 16.7. The third-order valence-corrected chi connectivity index (χ3v) is 2.58. The molecule has 1 amide bonds. The number of carbonyl (C=O) groups excluding carboxylic acids is 1. The molecule has 0 aliphatic rings. The Hall–Kier alpha value is -3.00. The van der Waals surface area contributed by atoms with E-state index in [2.05, 4.69) is 10.8 Å². The van der Waals surface area contributed by atoms with E-state index in [1.165, 1.54) is 0 Å². The van der Waals surface area contributed by atoms with E-state index in [1.807, 2.05) is 36.4 Å². The summed E-state index contributed by atoms with van der Waals surface area (Å²) in [5.74, 6) is 0. The van der Waals surface area contributed by atoms with Gasteiger partial charge in [-0.15, -0.1) is 0 Å². The molecule has 0 atom stereocenters. The first-order valence-electron chi connectivity index (χ1n) is 6.03. The van der Waals surface area contributed by atoms with Crippen molar-refractivity contribution < 1.29 is 9.63 Å². The second-order valence-electron chi connectivity index (χ2n) is 3.99. The molecule has 0 fully saturated rings. The zero-order valence-electron chi connectivity index (χ0n) is 10.7. The van der Waals surface area contributed by atoms with Crippen LogP contribution >= 0.6 is 0 Å². The van der Waals surface area contributed by atoms with Crippen LogP contribution in [0.4, 0.5) is 10.5 Å². The summed E-state index contributed by atoms with van der Waals surface area (Å²) in [6.45, 7) is 0.376. The van der Waals surface area contributed by atoms with Gasteiger partial charge >= 0.3 is 6.09 Å². The van der Waals surface area contributed by atoms with Crippen LogP contribution in [0.5, 0.6) is 0 Å². The monoisotopic (exact) mass is 267 g/mol. The highest BCUT2D eigenvalue weighted by Crippen LogP contribution is 2.13. The summed E-state index contributed by atoms with van der Waals surface area (Å²) < 4.78 is 0. The van der Waals surface area contributed by atoms with E-state index in [-0.39, 0.29) is 0 Å². The fourth-order valence-electron chi connectivity index (χ4n) is 1.58. The molecule has 100 valence electrons. The minimum atomic E-state index is -0.610. The predicted octanol–water partition coefficient (Wildman–Crippen LogP) is 2.81. The molecule has 0 saturated heterocycles. The first-order chi connectivity index (χ1) is 9.79. The third kappa shape index (κ3) is 3.75. The van der Waals surface area contributed by atoms with Gasteiger partial charge in [0.2, 0.25) is 0 Å². The predicted molar refractivity (Wildman–Crippen MR) is 74.5 cm³/mol. The maximum absolute atomic E-state index is 11.5. The van der Waals surface area contributed by atoms with E-state index in [9.17, 15) is 4.79 Å². The summed E-state index contributed by atoms with van der Waals surface area (Å²) >= 11 is 0. The van der Waals surface area contributed by atoms with Crippen molar-refractivity contribution in [2.24, 2.45) is 0 Å². The molecule has 0 radical (unpaired) electrons. The van der Waals surface area contributed by atoms with Gasteiger partial charge in [-0.25, -0.2) is 10.3 Å². The zero-order valence-corrected chi connectivity index (χ0v) is 10.7. The Labute approximate surface area is 116 Å². The number of carbonyl (C=O) groups is 1. The number of benzene rings is 2. The summed E-state index contributed by atoms with van der Waals surface area (Å²) in [6, 6.07) is 18.3. The standard InChI is InChI=1S/C15H13N3O2/c16-10-13-8-4-5-9-14(13)18-20-15(19)17-11-12-6-2-1-3-7-12/h1-9,18H,11H2,(H,17,19). The smallest absolute Gasteiger partial charge is 0.324 e. The quantitative estimate of drug-likeness (QED) is 0.835. The van der Waals surface area contributed by atoms with Crippen molar-refractivity contribution in [2.75, 3.05) is 5.48 Å². The SMILES string of the molecule is N#Cc1ccccc1NOC(=O)NCc1ccccc1. The fourth-order valence-corrected chi connectivity index (χ4v) is 1.58. The number of para-hydroxylation sites is 1. The molecule has 0 aliphatic carbocycles. The van der Waals surface area contributed by atoms with Gasteiger partial charge in [0.15, 0.2) is 0 Å². The minimum absolute atomic E-state index is 0.376. The van der Waals surface area contributed by atoms with Gasteiger partial charge in [0, 0.05) is 6.54 Å². The van der Waals surface area contributed by atoms with Crippen LogP contribution in [0.3, 0.4) is 0 Å². The minimum Gasteiger partial charge on any atom is -0.324 e. The number of nitrogens with zero attached hydrogens (tertiary/aromatic N) is 1. The van der Waals surface area contributed by atoms with Gasteiger partial charge in [-0.3, -0.25) is 0 Å². The van der Waals surface area contributed by atoms with Crippen LogP contribution in [-0.2, 0) is 11.4 Å². The highest BCUT2D eigenvalue weighted by Gasteiger charge is 2.05. The van der Waals surface area contributed by atoms with E-state index in [1.54, 1.807) is 24.3 Å². The van der Waals surface area contributed by atoms with Crippen LogP contribution in [-0.4, -0.2) is 6.09 Å². The van der Waals surface area contributed by atoms with Crippen molar-refractivity contribution in [1.82, 2.24) is 5.32 Å². The summed E-state index contributed by atoms with van der Waals surface area (Å²) in [7, 11) is 0. The average Bonchev–Trinajstić information content (AvgIpc) is 2.52. The molecule has 5 heteroatoms. The lowest BCUT2D eigenvalue weighted by molar-refractivity contribution is 0.169. The molecule has 0 bridgehead atoms. The van der Waals surface area contributed by atoms with Crippen LogP contribution in [0.25, 0.3) is 0 Å². The molecule has 20 heavy (non-hydrogen) atoms. The van der Waals surface area contributed by atoms with Gasteiger partial charge in [-0.1, -0.05) is 42.5 Å². The number of anilines is 1. The number of hydrogen-bond donors (Lipinski definition) is 2. The molecule has 2 aromatic rings. The van der Waals surface area contributed by atoms with Crippen LogP contribution in [0, 0.1) is 11.3 Å². The summed E-state index contributed by atoms with van der Waals surface area (Å²) in [6.07, 6.45) is -0.610. The van der Waals surface area contributed by atoms with Crippen LogP contribution in [0.15, 0.2) is 54.6 Å². The molecular weight excluding hydrogens is 254 g/mol. The first kappa shape index (κ1) is 13.4.